The molecule has 1 heterocycles. The number of carbonyl (C=O) groups is 1. The van der Waals surface area contributed by atoms with E-state index >= 15 is 0 Å². The number of hydrogen-bond donors (Lipinski definition) is 0. The zero-order chi connectivity index (χ0) is 14.2. The van der Waals surface area contributed by atoms with Gasteiger partial charge in [-0.05, 0) is 41.1 Å². The molecule has 0 radical (unpaired) electrons. The number of rotatable bonds is 2. The number of alkyl halides is 3. The summed E-state index contributed by atoms with van der Waals surface area (Å²) in [5, 5.41) is 0.461. The minimum Gasteiger partial charge on any atom is -0.462 e. The van der Waals surface area contributed by atoms with Gasteiger partial charge in [-0.3, -0.25) is 0 Å². The highest BCUT2D eigenvalue weighted by atomic mass is 79.9. The van der Waals surface area contributed by atoms with Crippen molar-refractivity contribution < 1.29 is 22.7 Å². The zero-order valence-corrected chi connectivity index (χ0v) is 12.1. The number of esters is 1. The van der Waals surface area contributed by atoms with Crippen molar-refractivity contribution >= 4 is 43.3 Å². The molecule has 0 atom stereocenters. The second-order valence-electron chi connectivity index (χ2n) is 3.70. The number of halogens is 4. The van der Waals surface area contributed by atoms with Crippen molar-refractivity contribution in [3.8, 4) is 0 Å². The predicted molar refractivity (Wildman–Crippen MR) is 70.5 cm³/mol. The molecule has 2 rings (SSSR count). The van der Waals surface area contributed by atoms with Gasteiger partial charge in [0.1, 0.15) is 0 Å². The lowest BCUT2D eigenvalue weighted by Gasteiger charge is -2.09. The number of ether oxygens (including phenoxy) is 1. The van der Waals surface area contributed by atoms with Gasteiger partial charge in [0.25, 0.3) is 0 Å². The normalized spacial score (nSPS) is 11.8. The number of fused-ring (bicyclic) bond motifs is 1. The second-order valence-corrected chi connectivity index (χ2v) is 6.17. The van der Waals surface area contributed by atoms with Crippen LogP contribution in [0, 0.1) is 0 Å². The van der Waals surface area contributed by atoms with Crippen LogP contribution in [0.25, 0.3) is 10.1 Å². The van der Waals surface area contributed by atoms with E-state index in [0.717, 1.165) is 23.5 Å². The van der Waals surface area contributed by atoms with Crippen LogP contribution in [-0.4, -0.2) is 12.6 Å². The van der Waals surface area contributed by atoms with E-state index in [-0.39, 0.29) is 12.2 Å². The van der Waals surface area contributed by atoms with Gasteiger partial charge in [0.05, 0.1) is 21.5 Å². The lowest BCUT2D eigenvalue weighted by molar-refractivity contribution is -0.137. The average molecular weight is 353 g/mol. The first kappa shape index (κ1) is 14.3. The van der Waals surface area contributed by atoms with Crippen molar-refractivity contribution in [3.05, 3.63) is 33.1 Å². The highest BCUT2D eigenvalue weighted by Crippen LogP contribution is 2.38. The molecule has 102 valence electrons. The van der Waals surface area contributed by atoms with Crippen molar-refractivity contribution in [3.63, 3.8) is 0 Å². The summed E-state index contributed by atoms with van der Waals surface area (Å²) in [5.74, 6) is -0.746. The molecule has 1 aromatic carbocycles. The van der Waals surface area contributed by atoms with Crippen molar-refractivity contribution in [2.75, 3.05) is 6.61 Å². The third-order valence-electron chi connectivity index (χ3n) is 2.43. The predicted octanol–water partition coefficient (Wildman–Crippen LogP) is 4.86. The minimum absolute atomic E-state index is 0.0615. The SMILES string of the molecule is CCOC(=O)c1cc(C(F)(F)F)cc2sc(Br)cc12. The molecule has 19 heavy (non-hydrogen) atoms. The zero-order valence-electron chi connectivity index (χ0n) is 9.68. The van der Waals surface area contributed by atoms with E-state index in [1.54, 1.807) is 13.0 Å². The fourth-order valence-electron chi connectivity index (χ4n) is 1.65. The van der Waals surface area contributed by atoms with Crippen molar-refractivity contribution in [1.29, 1.82) is 0 Å². The third-order valence-corrected chi connectivity index (χ3v) is 4.02. The Hall–Kier alpha value is -1.08. The van der Waals surface area contributed by atoms with E-state index in [1.807, 2.05) is 0 Å². The Balaban J connectivity index is 2.68. The lowest BCUT2D eigenvalue weighted by atomic mass is 10.1. The molecule has 0 aliphatic heterocycles. The molecule has 0 amide bonds. The molecule has 0 N–H and O–H groups in total. The summed E-state index contributed by atoms with van der Waals surface area (Å²) in [6.07, 6.45) is -4.49. The second kappa shape index (κ2) is 5.13. The van der Waals surface area contributed by atoms with Gasteiger partial charge in [-0.2, -0.15) is 13.2 Å². The van der Waals surface area contributed by atoms with Crippen LogP contribution in [0.5, 0.6) is 0 Å². The van der Waals surface area contributed by atoms with Crippen LogP contribution in [0.15, 0.2) is 22.0 Å². The summed E-state index contributed by atoms with van der Waals surface area (Å²) in [5.41, 5.74) is -0.911. The Morgan fingerprint density at radius 3 is 2.63 bits per heavy atom. The van der Waals surface area contributed by atoms with Crippen molar-refractivity contribution in [1.82, 2.24) is 0 Å². The van der Waals surface area contributed by atoms with Crippen molar-refractivity contribution in [2.45, 2.75) is 13.1 Å². The number of benzene rings is 1. The minimum atomic E-state index is -4.49. The van der Waals surface area contributed by atoms with E-state index in [4.69, 9.17) is 4.74 Å². The maximum atomic E-state index is 12.8. The fourth-order valence-corrected chi connectivity index (χ4v) is 3.25. The highest BCUT2D eigenvalue weighted by Gasteiger charge is 2.32. The molecule has 0 aliphatic rings. The van der Waals surface area contributed by atoms with E-state index < -0.39 is 17.7 Å². The molecule has 0 unspecified atom stereocenters. The molecule has 2 nitrogen and oxygen atoms in total. The average Bonchev–Trinajstić information content (AvgIpc) is 2.66. The monoisotopic (exact) mass is 352 g/mol. The smallest absolute Gasteiger partial charge is 0.416 e. The first-order valence-corrected chi connectivity index (χ1v) is 6.91. The topological polar surface area (TPSA) is 26.3 Å². The van der Waals surface area contributed by atoms with E-state index in [0.29, 0.717) is 13.9 Å². The molecule has 0 bridgehead atoms. The van der Waals surface area contributed by atoms with E-state index in [2.05, 4.69) is 15.9 Å². The Morgan fingerprint density at radius 2 is 2.05 bits per heavy atom. The highest BCUT2D eigenvalue weighted by molar-refractivity contribution is 9.11. The van der Waals surface area contributed by atoms with Crippen LogP contribution in [0.4, 0.5) is 13.2 Å². The molecular formula is C12H8BrF3O2S. The summed E-state index contributed by atoms with van der Waals surface area (Å²) in [7, 11) is 0. The standard InChI is InChI=1S/C12H8BrF3O2S/c1-2-18-11(17)8-3-6(12(14,15)16)4-9-7(8)5-10(13)19-9/h3-5H,2H2,1H3. The van der Waals surface area contributed by atoms with Crippen LogP contribution in [0.3, 0.4) is 0 Å². The van der Waals surface area contributed by atoms with Gasteiger partial charge in [-0.25, -0.2) is 4.79 Å². The van der Waals surface area contributed by atoms with Crippen LogP contribution in [0.2, 0.25) is 0 Å². The summed E-state index contributed by atoms with van der Waals surface area (Å²) in [4.78, 5) is 11.7. The molecule has 0 fully saturated rings. The van der Waals surface area contributed by atoms with Gasteiger partial charge >= 0.3 is 12.1 Å². The summed E-state index contributed by atoms with van der Waals surface area (Å²) in [6.45, 7) is 1.72. The van der Waals surface area contributed by atoms with Crippen LogP contribution in [0.1, 0.15) is 22.8 Å². The number of thiophene rings is 1. The number of hydrogen-bond acceptors (Lipinski definition) is 3. The van der Waals surface area contributed by atoms with Gasteiger partial charge in [0.15, 0.2) is 0 Å². The van der Waals surface area contributed by atoms with Gasteiger partial charge in [0, 0.05) is 10.1 Å². The molecule has 0 spiro atoms. The molecule has 2 aromatic rings. The molecule has 0 saturated carbocycles. The first-order chi connectivity index (χ1) is 8.82. The molecule has 7 heteroatoms. The lowest BCUT2D eigenvalue weighted by Crippen LogP contribution is -2.10. The molecular weight excluding hydrogens is 345 g/mol. The van der Waals surface area contributed by atoms with Gasteiger partial charge in [0.2, 0.25) is 0 Å². The third kappa shape index (κ3) is 2.92. The first-order valence-electron chi connectivity index (χ1n) is 5.30. The van der Waals surface area contributed by atoms with E-state index in [1.165, 1.54) is 0 Å². The molecule has 1 aromatic heterocycles. The van der Waals surface area contributed by atoms with Gasteiger partial charge in [-0.15, -0.1) is 11.3 Å². The van der Waals surface area contributed by atoms with Gasteiger partial charge < -0.3 is 4.74 Å². The van der Waals surface area contributed by atoms with Crippen LogP contribution in [-0.2, 0) is 10.9 Å². The maximum absolute atomic E-state index is 12.8. The van der Waals surface area contributed by atoms with Gasteiger partial charge in [-0.1, -0.05) is 0 Å². The quantitative estimate of drug-likeness (QED) is 0.721. The van der Waals surface area contributed by atoms with Crippen LogP contribution >= 0.6 is 27.3 Å². The molecule has 0 aliphatic carbocycles. The van der Waals surface area contributed by atoms with Crippen molar-refractivity contribution in [2.24, 2.45) is 0 Å². The van der Waals surface area contributed by atoms with E-state index in [9.17, 15) is 18.0 Å². The summed E-state index contributed by atoms with van der Waals surface area (Å²) in [6, 6.07) is 3.49. The summed E-state index contributed by atoms with van der Waals surface area (Å²) >= 11 is 4.35. The largest absolute Gasteiger partial charge is 0.462 e. The van der Waals surface area contributed by atoms with Crippen LogP contribution < -0.4 is 0 Å². The molecule has 0 saturated heterocycles. The summed E-state index contributed by atoms with van der Waals surface area (Å²) < 4.78 is 44.2. The fraction of sp³-hybridized carbons (Fsp3) is 0.250. The number of carbonyl (C=O) groups excluding carboxylic acids is 1. The Labute approximate surface area is 119 Å². The Morgan fingerprint density at radius 1 is 1.37 bits per heavy atom. The Kier molecular flexibility index (Phi) is 3.87. The Bertz CT molecular complexity index is 634. The maximum Gasteiger partial charge on any atom is 0.416 e.